The van der Waals surface area contributed by atoms with Crippen LogP contribution in [0, 0.1) is 16.0 Å². The minimum Gasteiger partial charge on any atom is -0.494 e. The van der Waals surface area contributed by atoms with Crippen molar-refractivity contribution in [2.75, 3.05) is 12.4 Å². The number of carbonyl (C=O) groups excluding carboxylic acids is 1. The number of benzene rings is 1. The van der Waals surface area contributed by atoms with E-state index in [-0.39, 0.29) is 29.3 Å². The van der Waals surface area contributed by atoms with Crippen molar-refractivity contribution >= 4 is 17.3 Å². The van der Waals surface area contributed by atoms with Crippen molar-refractivity contribution in [2.45, 2.75) is 31.7 Å². The number of non-ortho nitro benzene ring substituents is 1. The molecule has 0 heterocycles. The molecule has 0 aromatic heterocycles. The van der Waals surface area contributed by atoms with Crippen LogP contribution in [0.3, 0.4) is 0 Å². The summed E-state index contributed by atoms with van der Waals surface area (Å²) < 4.78 is 5.10. The smallest absolute Gasteiger partial charge is 0.273 e. The van der Waals surface area contributed by atoms with Crippen molar-refractivity contribution in [1.29, 1.82) is 0 Å². The molecule has 0 radical (unpaired) electrons. The minimum absolute atomic E-state index is 0.0841. The van der Waals surface area contributed by atoms with Gasteiger partial charge in [0.1, 0.15) is 5.75 Å². The average Bonchev–Trinajstić information content (AvgIpc) is 2.47. The van der Waals surface area contributed by atoms with Gasteiger partial charge in [-0.25, -0.2) is 0 Å². The molecule has 0 saturated heterocycles. The molecule has 0 bridgehead atoms. The molecule has 3 N–H and O–H groups in total. The lowest BCUT2D eigenvalue weighted by Gasteiger charge is -2.27. The van der Waals surface area contributed by atoms with Crippen molar-refractivity contribution in [3.05, 3.63) is 28.3 Å². The first kappa shape index (κ1) is 15.2. The summed E-state index contributed by atoms with van der Waals surface area (Å²) in [5, 5.41) is 13.5. The zero-order valence-corrected chi connectivity index (χ0v) is 11.9. The molecule has 1 amide bonds. The van der Waals surface area contributed by atoms with E-state index >= 15 is 0 Å². The Hall–Kier alpha value is -2.15. The highest BCUT2D eigenvalue weighted by molar-refractivity contribution is 5.94. The molecule has 1 aromatic carbocycles. The molecule has 21 heavy (non-hydrogen) atoms. The Morgan fingerprint density at radius 3 is 2.76 bits per heavy atom. The second-order valence-electron chi connectivity index (χ2n) is 5.19. The van der Waals surface area contributed by atoms with E-state index in [0.29, 0.717) is 5.69 Å². The highest BCUT2D eigenvalue weighted by Gasteiger charge is 2.28. The van der Waals surface area contributed by atoms with E-state index in [1.165, 1.54) is 25.3 Å². The lowest BCUT2D eigenvalue weighted by atomic mass is 9.84. The van der Waals surface area contributed by atoms with E-state index in [1.807, 2.05) is 0 Å². The molecule has 1 aliphatic rings. The maximum Gasteiger partial charge on any atom is 0.273 e. The molecule has 0 aliphatic heterocycles. The standard InChI is InChI=1S/C14H19N3O4/c1-21-13-8-9(17(19)20)6-7-12(13)16-14(18)10-4-2-3-5-11(10)15/h6-8,10-11H,2-5,15H2,1H3,(H,16,18). The molecule has 1 saturated carbocycles. The monoisotopic (exact) mass is 293 g/mol. The van der Waals surface area contributed by atoms with E-state index in [9.17, 15) is 14.9 Å². The zero-order chi connectivity index (χ0) is 15.4. The number of amides is 1. The van der Waals surface area contributed by atoms with Crippen molar-refractivity contribution < 1.29 is 14.5 Å². The number of methoxy groups -OCH3 is 1. The molecule has 1 aliphatic carbocycles. The Morgan fingerprint density at radius 2 is 2.14 bits per heavy atom. The van der Waals surface area contributed by atoms with Gasteiger partial charge in [0.25, 0.3) is 5.69 Å². The first-order valence-electron chi connectivity index (χ1n) is 6.92. The highest BCUT2D eigenvalue weighted by atomic mass is 16.6. The van der Waals surface area contributed by atoms with Crippen LogP contribution < -0.4 is 15.8 Å². The summed E-state index contributed by atoms with van der Waals surface area (Å²) in [6.45, 7) is 0. The number of nitrogens with zero attached hydrogens (tertiary/aromatic N) is 1. The summed E-state index contributed by atoms with van der Waals surface area (Å²) in [5.74, 6) is -0.116. The van der Waals surface area contributed by atoms with Crippen LogP contribution in [-0.4, -0.2) is 24.0 Å². The van der Waals surface area contributed by atoms with Gasteiger partial charge in [-0.05, 0) is 18.9 Å². The van der Waals surface area contributed by atoms with Gasteiger partial charge in [-0.2, -0.15) is 0 Å². The van der Waals surface area contributed by atoms with Crippen LogP contribution in [0.25, 0.3) is 0 Å². The Kier molecular flexibility index (Phi) is 4.74. The minimum atomic E-state index is -0.509. The van der Waals surface area contributed by atoms with E-state index in [1.54, 1.807) is 0 Å². The van der Waals surface area contributed by atoms with Crippen LogP contribution in [-0.2, 0) is 4.79 Å². The first-order chi connectivity index (χ1) is 10.0. The molecular weight excluding hydrogens is 274 g/mol. The number of nitrogens with two attached hydrogens (primary N) is 1. The average molecular weight is 293 g/mol. The maximum absolute atomic E-state index is 12.3. The zero-order valence-electron chi connectivity index (χ0n) is 11.9. The van der Waals surface area contributed by atoms with E-state index < -0.39 is 4.92 Å². The number of nitro groups is 1. The third-order valence-corrected chi connectivity index (χ3v) is 3.81. The number of ether oxygens (including phenoxy) is 1. The highest BCUT2D eigenvalue weighted by Crippen LogP contribution is 2.31. The summed E-state index contributed by atoms with van der Waals surface area (Å²) in [7, 11) is 1.40. The van der Waals surface area contributed by atoms with E-state index in [2.05, 4.69) is 5.32 Å². The predicted octanol–water partition coefficient (Wildman–Crippen LogP) is 2.06. The van der Waals surface area contributed by atoms with Crippen molar-refractivity contribution in [3.63, 3.8) is 0 Å². The van der Waals surface area contributed by atoms with Crippen LogP contribution >= 0.6 is 0 Å². The fourth-order valence-corrected chi connectivity index (χ4v) is 2.61. The van der Waals surface area contributed by atoms with E-state index in [4.69, 9.17) is 10.5 Å². The molecule has 1 fully saturated rings. The summed E-state index contributed by atoms with van der Waals surface area (Å²) in [6, 6.07) is 3.96. The molecule has 0 spiro atoms. The largest absolute Gasteiger partial charge is 0.494 e. The number of hydrogen-bond acceptors (Lipinski definition) is 5. The molecular formula is C14H19N3O4. The van der Waals surface area contributed by atoms with Crippen LogP contribution in [0.2, 0.25) is 0 Å². The second-order valence-corrected chi connectivity index (χ2v) is 5.19. The number of rotatable bonds is 4. The van der Waals surface area contributed by atoms with Crippen LogP contribution in [0.1, 0.15) is 25.7 Å². The summed E-state index contributed by atoms with van der Waals surface area (Å²) >= 11 is 0. The van der Waals surface area contributed by atoms with Gasteiger partial charge in [0, 0.05) is 12.1 Å². The summed E-state index contributed by atoms with van der Waals surface area (Å²) in [5.41, 5.74) is 6.32. The van der Waals surface area contributed by atoms with Gasteiger partial charge in [0.2, 0.25) is 5.91 Å². The fourth-order valence-electron chi connectivity index (χ4n) is 2.61. The first-order valence-corrected chi connectivity index (χ1v) is 6.92. The van der Waals surface area contributed by atoms with Crippen molar-refractivity contribution in [3.8, 4) is 5.75 Å². The fraction of sp³-hybridized carbons (Fsp3) is 0.500. The molecule has 2 rings (SSSR count). The third kappa shape index (κ3) is 3.49. The lowest BCUT2D eigenvalue weighted by Crippen LogP contribution is -2.40. The quantitative estimate of drug-likeness (QED) is 0.652. The Morgan fingerprint density at radius 1 is 1.43 bits per heavy atom. The van der Waals surface area contributed by atoms with Crippen LogP contribution in [0.5, 0.6) is 5.75 Å². The van der Waals surface area contributed by atoms with Crippen LogP contribution in [0.15, 0.2) is 18.2 Å². The van der Waals surface area contributed by atoms with E-state index in [0.717, 1.165) is 25.7 Å². The van der Waals surface area contributed by atoms with Gasteiger partial charge in [0.15, 0.2) is 0 Å². The van der Waals surface area contributed by atoms with Crippen molar-refractivity contribution in [1.82, 2.24) is 0 Å². The van der Waals surface area contributed by atoms with Gasteiger partial charge in [-0.1, -0.05) is 12.8 Å². The Labute approximate surface area is 122 Å². The van der Waals surface area contributed by atoms with Crippen LogP contribution in [0.4, 0.5) is 11.4 Å². The molecule has 2 atom stereocenters. The Bertz CT molecular complexity index is 547. The van der Waals surface area contributed by atoms with Gasteiger partial charge in [-0.3, -0.25) is 14.9 Å². The predicted molar refractivity (Wildman–Crippen MR) is 78.2 cm³/mol. The number of nitro benzene ring substituents is 1. The number of nitrogens with one attached hydrogen (secondary N) is 1. The number of hydrogen-bond donors (Lipinski definition) is 2. The summed E-state index contributed by atoms with van der Waals surface area (Å²) in [4.78, 5) is 22.5. The maximum atomic E-state index is 12.3. The van der Waals surface area contributed by atoms with Gasteiger partial charge in [0.05, 0.1) is 29.7 Å². The number of anilines is 1. The molecule has 7 nitrogen and oxygen atoms in total. The Balaban J connectivity index is 2.14. The van der Waals surface area contributed by atoms with Gasteiger partial charge >= 0.3 is 0 Å². The van der Waals surface area contributed by atoms with Crippen molar-refractivity contribution in [2.24, 2.45) is 11.7 Å². The lowest BCUT2D eigenvalue weighted by molar-refractivity contribution is -0.384. The third-order valence-electron chi connectivity index (χ3n) is 3.81. The van der Waals surface area contributed by atoms with Gasteiger partial charge in [-0.15, -0.1) is 0 Å². The summed E-state index contributed by atoms with van der Waals surface area (Å²) in [6.07, 6.45) is 3.65. The normalized spacial score (nSPS) is 21.6. The SMILES string of the molecule is COc1cc([N+](=O)[O-])ccc1NC(=O)C1CCCCC1N. The molecule has 1 aromatic rings. The molecule has 114 valence electrons. The second kappa shape index (κ2) is 6.53. The number of carbonyl (C=O) groups is 1. The molecule has 2 unspecified atom stereocenters. The molecule has 7 heteroatoms. The topological polar surface area (TPSA) is 107 Å². The van der Waals surface area contributed by atoms with Gasteiger partial charge < -0.3 is 15.8 Å².